The Morgan fingerprint density at radius 3 is 2.67 bits per heavy atom. The molecule has 3 aromatic rings. The molecule has 122 valence electrons. The second-order valence-corrected chi connectivity index (χ2v) is 6.08. The Morgan fingerprint density at radius 2 is 2.00 bits per heavy atom. The van der Waals surface area contributed by atoms with Gasteiger partial charge in [-0.25, -0.2) is 0 Å². The Labute approximate surface area is 143 Å². The van der Waals surface area contributed by atoms with Crippen LogP contribution in [0.5, 0.6) is 5.75 Å². The number of carbonyl (C=O) groups excluding carboxylic acids is 1. The zero-order valence-electron chi connectivity index (χ0n) is 13.3. The third kappa shape index (κ3) is 3.75. The van der Waals surface area contributed by atoms with Gasteiger partial charge in [0.15, 0.2) is 5.16 Å². The molecule has 0 bridgehead atoms. The van der Waals surface area contributed by atoms with Crippen LogP contribution in [0.3, 0.4) is 0 Å². The van der Waals surface area contributed by atoms with Crippen molar-refractivity contribution in [2.24, 2.45) is 7.05 Å². The van der Waals surface area contributed by atoms with E-state index in [2.05, 4.69) is 15.5 Å². The van der Waals surface area contributed by atoms with Crippen LogP contribution in [0.4, 0.5) is 5.69 Å². The molecule has 24 heavy (non-hydrogen) atoms. The van der Waals surface area contributed by atoms with Crippen LogP contribution in [0.1, 0.15) is 10.4 Å². The highest BCUT2D eigenvalue weighted by atomic mass is 32.2. The summed E-state index contributed by atoms with van der Waals surface area (Å²) in [6.07, 6.45) is 1.66. The first-order valence-electron chi connectivity index (χ1n) is 7.23. The lowest BCUT2D eigenvalue weighted by atomic mass is 10.2. The highest BCUT2D eigenvalue weighted by molar-refractivity contribution is 7.99. The number of benzene rings is 2. The number of aromatic nitrogens is 3. The molecular formula is C17H16N4O2S. The third-order valence-electron chi connectivity index (χ3n) is 3.32. The average Bonchev–Trinajstić information content (AvgIpc) is 3.01. The van der Waals surface area contributed by atoms with E-state index in [1.165, 1.54) is 11.8 Å². The number of hydrogen-bond acceptors (Lipinski definition) is 5. The molecule has 1 amide bonds. The fourth-order valence-corrected chi connectivity index (χ4v) is 2.81. The number of aryl methyl sites for hydroxylation is 1. The molecule has 0 atom stereocenters. The quantitative estimate of drug-likeness (QED) is 0.772. The van der Waals surface area contributed by atoms with Crippen molar-refractivity contribution >= 4 is 23.4 Å². The molecule has 2 aromatic carbocycles. The Hall–Kier alpha value is -2.80. The Balaban J connectivity index is 1.67. The molecular weight excluding hydrogens is 324 g/mol. The molecule has 6 nitrogen and oxygen atoms in total. The second kappa shape index (κ2) is 7.18. The molecule has 0 spiro atoms. The first-order chi connectivity index (χ1) is 11.7. The molecule has 0 saturated heterocycles. The summed E-state index contributed by atoms with van der Waals surface area (Å²) in [5.41, 5.74) is 1.28. The largest absolute Gasteiger partial charge is 0.497 e. The molecule has 1 aromatic heterocycles. The van der Waals surface area contributed by atoms with Gasteiger partial charge in [0.25, 0.3) is 5.91 Å². The Kier molecular flexibility index (Phi) is 4.81. The topological polar surface area (TPSA) is 69.0 Å². The highest BCUT2D eigenvalue weighted by Gasteiger charge is 2.08. The SMILES string of the molecule is COc1cccc(C(=O)Nc2ccc(Sc3nncn3C)cc2)c1. The minimum atomic E-state index is -0.178. The summed E-state index contributed by atoms with van der Waals surface area (Å²) in [4.78, 5) is 13.3. The van der Waals surface area contributed by atoms with Crippen LogP contribution in [0.15, 0.2) is 64.9 Å². The molecule has 7 heteroatoms. The molecule has 0 radical (unpaired) electrons. The van der Waals surface area contributed by atoms with Gasteiger partial charge in [0, 0.05) is 23.2 Å². The smallest absolute Gasteiger partial charge is 0.255 e. The molecule has 1 heterocycles. The lowest BCUT2D eigenvalue weighted by Gasteiger charge is -2.07. The summed E-state index contributed by atoms with van der Waals surface area (Å²) in [6, 6.07) is 14.6. The van der Waals surface area contributed by atoms with E-state index in [9.17, 15) is 4.79 Å². The summed E-state index contributed by atoms with van der Waals surface area (Å²) in [5.74, 6) is 0.473. The highest BCUT2D eigenvalue weighted by Crippen LogP contribution is 2.26. The third-order valence-corrected chi connectivity index (χ3v) is 4.38. The molecule has 3 rings (SSSR count). The maximum atomic E-state index is 12.3. The van der Waals surface area contributed by atoms with E-state index < -0.39 is 0 Å². The number of hydrogen-bond donors (Lipinski definition) is 1. The van der Waals surface area contributed by atoms with Gasteiger partial charge in [-0.3, -0.25) is 4.79 Å². The maximum Gasteiger partial charge on any atom is 0.255 e. The standard InChI is InChI=1S/C17H16N4O2S/c1-21-11-18-20-17(21)24-15-8-6-13(7-9-15)19-16(22)12-4-3-5-14(10-12)23-2/h3-11H,1-2H3,(H,19,22). The van der Waals surface area contributed by atoms with Crippen molar-refractivity contribution in [3.8, 4) is 5.75 Å². The first-order valence-corrected chi connectivity index (χ1v) is 8.04. The molecule has 0 unspecified atom stereocenters. The lowest BCUT2D eigenvalue weighted by Crippen LogP contribution is -2.11. The molecule has 0 aliphatic rings. The summed E-state index contributed by atoms with van der Waals surface area (Å²) >= 11 is 1.51. The average molecular weight is 340 g/mol. The number of nitrogens with zero attached hydrogens (tertiary/aromatic N) is 3. The van der Waals surface area contributed by atoms with Gasteiger partial charge in [-0.05, 0) is 54.2 Å². The van der Waals surface area contributed by atoms with Crippen molar-refractivity contribution < 1.29 is 9.53 Å². The number of rotatable bonds is 5. The van der Waals surface area contributed by atoms with Gasteiger partial charge in [0.1, 0.15) is 12.1 Å². The van der Waals surface area contributed by atoms with Crippen LogP contribution < -0.4 is 10.1 Å². The van der Waals surface area contributed by atoms with Crippen LogP contribution in [0.2, 0.25) is 0 Å². The summed E-state index contributed by atoms with van der Waals surface area (Å²) < 4.78 is 6.99. The van der Waals surface area contributed by atoms with E-state index in [0.717, 1.165) is 15.7 Å². The number of nitrogens with one attached hydrogen (secondary N) is 1. The van der Waals surface area contributed by atoms with E-state index in [1.807, 2.05) is 35.9 Å². The molecule has 0 aliphatic heterocycles. The fraction of sp³-hybridized carbons (Fsp3) is 0.118. The van der Waals surface area contributed by atoms with Crippen molar-refractivity contribution in [1.82, 2.24) is 14.8 Å². The number of ether oxygens (including phenoxy) is 1. The lowest BCUT2D eigenvalue weighted by molar-refractivity contribution is 0.102. The molecule has 0 fully saturated rings. The summed E-state index contributed by atoms with van der Waals surface area (Å²) in [5, 5.41) is 11.6. The number of methoxy groups -OCH3 is 1. The minimum absolute atomic E-state index is 0.178. The number of carbonyl (C=O) groups is 1. The maximum absolute atomic E-state index is 12.3. The van der Waals surface area contributed by atoms with Crippen molar-refractivity contribution in [3.05, 3.63) is 60.4 Å². The fourth-order valence-electron chi connectivity index (χ4n) is 2.04. The van der Waals surface area contributed by atoms with E-state index in [0.29, 0.717) is 11.3 Å². The van der Waals surface area contributed by atoms with Gasteiger partial charge in [-0.2, -0.15) is 0 Å². The second-order valence-electron chi connectivity index (χ2n) is 5.04. The van der Waals surface area contributed by atoms with Crippen molar-refractivity contribution in [3.63, 3.8) is 0 Å². The zero-order valence-corrected chi connectivity index (χ0v) is 14.1. The van der Waals surface area contributed by atoms with E-state index in [1.54, 1.807) is 37.7 Å². The van der Waals surface area contributed by atoms with Gasteiger partial charge in [-0.1, -0.05) is 6.07 Å². The van der Waals surface area contributed by atoms with Gasteiger partial charge in [0.2, 0.25) is 0 Å². The van der Waals surface area contributed by atoms with E-state index >= 15 is 0 Å². The predicted molar refractivity (Wildman–Crippen MR) is 92.5 cm³/mol. The molecule has 1 N–H and O–H groups in total. The van der Waals surface area contributed by atoms with Crippen molar-refractivity contribution in [1.29, 1.82) is 0 Å². The van der Waals surface area contributed by atoms with Gasteiger partial charge in [-0.15, -0.1) is 10.2 Å². The summed E-state index contributed by atoms with van der Waals surface area (Å²) in [6.45, 7) is 0. The van der Waals surface area contributed by atoms with Crippen molar-refractivity contribution in [2.45, 2.75) is 10.1 Å². The Morgan fingerprint density at radius 1 is 1.21 bits per heavy atom. The monoisotopic (exact) mass is 340 g/mol. The van der Waals surface area contributed by atoms with Gasteiger partial charge in [0.05, 0.1) is 7.11 Å². The van der Waals surface area contributed by atoms with Crippen LogP contribution >= 0.6 is 11.8 Å². The number of anilines is 1. The van der Waals surface area contributed by atoms with Crippen molar-refractivity contribution in [2.75, 3.05) is 12.4 Å². The number of amides is 1. The molecule has 0 saturated carbocycles. The predicted octanol–water partition coefficient (Wildman–Crippen LogP) is 3.23. The van der Waals surface area contributed by atoms with E-state index in [-0.39, 0.29) is 5.91 Å². The van der Waals surface area contributed by atoms with Crippen LogP contribution in [0.25, 0.3) is 0 Å². The minimum Gasteiger partial charge on any atom is -0.497 e. The normalized spacial score (nSPS) is 10.4. The van der Waals surface area contributed by atoms with Crippen LogP contribution in [-0.4, -0.2) is 27.8 Å². The Bertz CT molecular complexity index is 846. The first kappa shape index (κ1) is 16.1. The van der Waals surface area contributed by atoms with Crippen LogP contribution in [-0.2, 0) is 7.05 Å². The zero-order chi connectivity index (χ0) is 16.9. The van der Waals surface area contributed by atoms with Crippen LogP contribution in [0, 0.1) is 0 Å². The van der Waals surface area contributed by atoms with Gasteiger partial charge < -0.3 is 14.6 Å². The van der Waals surface area contributed by atoms with E-state index in [4.69, 9.17) is 4.74 Å². The molecule has 0 aliphatic carbocycles. The van der Waals surface area contributed by atoms with Gasteiger partial charge >= 0.3 is 0 Å². The summed E-state index contributed by atoms with van der Waals surface area (Å²) in [7, 11) is 3.47.